The third-order valence-corrected chi connectivity index (χ3v) is 8.85. The van der Waals surface area contributed by atoms with Gasteiger partial charge in [0.25, 0.3) is 5.91 Å². The first kappa shape index (κ1) is 28.1. The molecule has 3 aliphatic carbocycles. The quantitative estimate of drug-likeness (QED) is 0.447. The molecule has 4 fully saturated rings. The molecule has 4 aliphatic rings. The maximum absolute atomic E-state index is 13.8. The van der Waals surface area contributed by atoms with Crippen LogP contribution in [0.1, 0.15) is 54.4 Å². The van der Waals surface area contributed by atoms with E-state index in [1.165, 1.54) is 0 Å². The smallest absolute Gasteiger partial charge is 0.421 e. The zero-order valence-electron chi connectivity index (χ0n) is 22.6. The second-order valence-electron chi connectivity index (χ2n) is 11.3. The number of anilines is 3. The number of likely N-dealkylation sites (tertiary alicyclic amines) is 1. The fourth-order valence-corrected chi connectivity index (χ4v) is 6.51. The van der Waals surface area contributed by atoms with Gasteiger partial charge in [-0.05, 0) is 94.8 Å². The van der Waals surface area contributed by atoms with Gasteiger partial charge in [-0.15, -0.1) is 0 Å². The van der Waals surface area contributed by atoms with Gasteiger partial charge in [0.05, 0.1) is 5.92 Å². The number of hydrogen-bond donors (Lipinski definition) is 3. The molecule has 1 saturated heterocycles. The number of hydrogen-bond acceptors (Lipinski definition) is 7. The van der Waals surface area contributed by atoms with Crippen molar-refractivity contribution in [3.05, 3.63) is 41.6 Å². The number of rotatable bonds is 7. The Morgan fingerprint density at radius 1 is 1.02 bits per heavy atom. The molecule has 2 heterocycles. The number of aliphatic carboxylic acids is 1. The summed E-state index contributed by atoms with van der Waals surface area (Å²) in [6.07, 6.45) is 0.927. The molecule has 216 valence electrons. The molecule has 6 rings (SSSR count). The highest BCUT2D eigenvalue weighted by molar-refractivity contribution is 5.94. The van der Waals surface area contributed by atoms with E-state index in [4.69, 9.17) is 0 Å². The van der Waals surface area contributed by atoms with Crippen LogP contribution >= 0.6 is 0 Å². The molecule has 2 atom stereocenters. The number of aromatic nitrogens is 2. The van der Waals surface area contributed by atoms with Crippen LogP contribution in [0, 0.1) is 17.8 Å². The molecule has 0 spiro atoms. The second kappa shape index (κ2) is 11.2. The number of halogens is 3. The lowest BCUT2D eigenvalue weighted by atomic mass is 9.61. The highest BCUT2D eigenvalue weighted by atomic mass is 19.4. The van der Waals surface area contributed by atoms with Crippen LogP contribution in [0.25, 0.3) is 0 Å². The Morgan fingerprint density at radius 2 is 1.65 bits per heavy atom. The van der Waals surface area contributed by atoms with Crippen molar-refractivity contribution in [1.29, 1.82) is 0 Å². The second-order valence-corrected chi connectivity index (χ2v) is 11.3. The fraction of sp³-hybridized carbons (Fsp3) is 0.571. The summed E-state index contributed by atoms with van der Waals surface area (Å²) < 4.78 is 41.5. The molecule has 1 amide bonds. The van der Waals surface area contributed by atoms with Crippen molar-refractivity contribution in [2.45, 2.75) is 56.8 Å². The van der Waals surface area contributed by atoms with Crippen LogP contribution in [0.2, 0.25) is 0 Å². The van der Waals surface area contributed by atoms with E-state index in [1.54, 1.807) is 29.2 Å². The molecule has 0 radical (unpaired) electrons. The van der Waals surface area contributed by atoms with Crippen molar-refractivity contribution in [3.63, 3.8) is 0 Å². The van der Waals surface area contributed by atoms with E-state index >= 15 is 0 Å². The van der Waals surface area contributed by atoms with E-state index in [9.17, 15) is 27.9 Å². The molecule has 2 bridgehead atoms. The van der Waals surface area contributed by atoms with E-state index in [0.717, 1.165) is 51.6 Å². The minimum atomic E-state index is -4.71. The van der Waals surface area contributed by atoms with Crippen LogP contribution in [0.15, 0.2) is 30.5 Å². The average Bonchev–Trinajstić information content (AvgIpc) is 2.93. The predicted octanol–water partition coefficient (Wildman–Crippen LogP) is 4.71. The van der Waals surface area contributed by atoms with E-state index in [0.29, 0.717) is 17.4 Å². The maximum Gasteiger partial charge on any atom is 0.421 e. The van der Waals surface area contributed by atoms with Crippen molar-refractivity contribution >= 4 is 29.3 Å². The summed E-state index contributed by atoms with van der Waals surface area (Å²) in [7, 11) is 3.87. The lowest BCUT2D eigenvalue weighted by Crippen LogP contribution is -2.51. The van der Waals surface area contributed by atoms with E-state index in [2.05, 4.69) is 32.5 Å². The number of alkyl halides is 3. The molecular weight excluding hydrogens is 525 g/mol. The van der Waals surface area contributed by atoms with Gasteiger partial charge in [-0.1, -0.05) is 0 Å². The van der Waals surface area contributed by atoms with Crippen LogP contribution in [0.3, 0.4) is 0 Å². The summed E-state index contributed by atoms with van der Waals surface area (Å²) in [5.74, 6) is -2.44. The number of benzene rings is 1. The van der Waals surface area contributed by atoms with E-state index < -0.39 is 35.5 Å². The van der Waals surface area contributed by atoms with Crippen molar-refractivity contribution in [3.8, 4) is 0 Å². The first-order chi connectivity index (χ1) is 19.0. The van der Waals surface area contributed by atoms with Crippen LogP contribution in [0.5, 0.6) is 0 Å². The molecule has 1 aromatic carbocycles. The fourth-order valence-electron chi connectivity index (χ4n) is 6.51. The lowest BCUT2D eigenvalue weighted by Gasteiger charge is -2.47. The highest BCUT2D eigenvalue weighted by Gasteiger charge is 2.48. The summed E-state index contributed by atoms with van der Waals surface area (Å²) in [4.78, 5) is 37.0. The Labute approximate surface area is 231 Å². The summed E-state index contributed by atoms with van der Waals surface area (Å²) in [5, 5.41) is 15.6. The Balaban J connectivity index is 1.32. The number of nitrogens with one attached hydrogen (secondary N) is 2. The highest BCUT2D eigenvalue weighted by Crippen LogP contribution is 2.47. The van der Waals surface area contributed by atoms with Gasteiger partial charge in [0.15, 0.2) is 0 Å². The molecule has 3 saturated carbocycles. The van der Waals surface area contributed by atoms with Gasteiger partial charge in [0.2, 0.25) is 5.95 Å². The average molecular weight is 561 g/mol. The van der Waals surface area contributed by atoms with Gasteiger partial charge >= 0.3 is 12.1 Å². The number of fused-ring (bicyclic) bond motifs is 3. The van der Waals surface area contributed by atoms with Crippen LogP contribution < -0.4 is 10.6 Å². The molecule has 2 aromatic rings. The van der Waals surface area contributed by atoms with E-state index in [-0.39, 0.29) is 29.7 Å². The Kier molecular flexibility index (Phi) is 7.89. The van der Waals surface area contributed by atoms with E-state index in [1.807, 2.05) is 7.05 Å². The monoisotopic (exact) mass is 560 g/mol. The number of carboxylic acid groups (broad SMARTS) is 1. The van der Waals surface area contributed by atoms with Crippen molar-refractivity contribution in [2.24, 2.45) is 17.8 Å². The Hall–Kier alpha value is -3.41. The number of piperidine rings is 1. The third-order valence-electron chi connectivity index (χ3n) is 8.85. The third kappa shape index (κ3) is 5.86. The predicted molar refractivity (Wildman–Crippen MR) is 143 cm³/mol. The lowest BCUT2D eigenvalue weighted by molar-refractivity contribution is -0.148. The molecule has 2 unspecified atom stereocenters. The van der Waals surface area contributed by atoms with Gasteiger partial charge in [-0.3, -0.25) is 9.59 Å². The van der Waals surface area contributed by atoms with Crippen molar-refractivity contribution in [2.75, 3.05) is 37.8 Å². The van der Waals surface area contributed by atoms with Crippen LogP contribution in [0.4, 0.5) is 30.6 Å². The normalized spacial score (nSPS) is 25.4. The molecule has 9 nitrogen and oxygen atoms in total. The minimum absolute atomic E-state index is 0.0312. The first-order valence-electron chi connectivity index (χ1n) is 13.8. The summed E-state index contributed by atoms with van der Waals surface area (Å²) >= 11 is 0. The molecule has 12 heteroatoms. The zero-order valence-corrected chi connectivity index (χ0v) is 22.6. The summed E-state index contributed by atoms with van der Waals surface area (Å²) in [5.41, 5.74) is -0.0272. The van der Waals surface area contributed by atoms with Crippen LogP contribution in [-0.4, -0.2) is 76.0 Å². The Morgan fingerprint density at radius 3 is 2.25 bits per heavy atom. The molecule has 1 aliphatic heterocycles. The standard InChI is InChI=1S/C28H35F3N6O3/c1-36-13-11-20(12-14-36)37(2)25(38)18-7-9-19(10-8-18)33-27-32-15-21(28(29,30)31)24(35-27)34-23-17-5-3-16(4-6-17)22(23)26(39)40/h7-10,15-17,20,22-23H,3-6,11-14H2,1-2H3,(H,39,40)(H2,32,33,34,35). The largest absolute Gasteiger partial charge is 0.481 e. The topological polar surface area (TPSA) is 111 Å². The maximum atomic E-state index is 13.8. The molecule has 3 N–H and O–H groups in total. The summed E-state index contributed by atoms with van der Waals surface area (Å²) in [6, 6.07) is 6.17. The number of nitrogens with zero attached hydrogens (tertiary/aromatic N) is 4. The SMILES string of the molecule is CN1CCC(N(C)C(=O)c2ccc(Nc3ncc(C(F)(F)F)c(NC4C5CCC(CC5)C4C(=O)O)n3)cc2)CC1. The molecular formula is C28H35F3N6O3. The summed E-state index contributed by atoms with van der Waals surface area (Å²) in [6.45, 7) is 1.88. The van der Waals surface area contributed by atoms with Crippen LogP contribution in [-0.2, 0) is 11.0 Å². The first-order valence-corrected chi connectivity index (χ1v) is 13.8. The van der Waals surface area contributed by atoms with Gasteiger partial charge in [0, 0.05) is 36.6 Å². The number of carboxylic acids is 1. The number of amides is 1. The van der Waals surface area contributed by atoms with Gasteiger partial charge < -0.3 is 25.5 Å². The zero-order chi connectivity index (χ0) is 28.6. The van der Waals surface area contributed by atoms with Crippen molar-refractivity contribution in [1.82, 2.24) is 19.8 Å². The van der Waals surface area contributed by atoms with Gasteiger partial charge in [-0.2, -0.15) is 18.2 Å². The number of carbonyl (C=O) groups is 2. The Bertz CT molecular complexity index is 1220. The van der Waals surface area contributed by atoms with Gasteiger partial charge in [0.1, 0.15) is 11.4 Å². The molecule has 40 heavy (non-hydrogen) atoms. The van der Waals surface area contributed by atoms with Crippen molar-refractivity contribution < 1.29 is 27.9 Å². The van der Waals surface area contributed by atoms with Gasteiger partial charge in [-0.25, -0.2) is 4.98 Å². The molecule has 1 aromatic heterocycles. The minimum Gasteiger partial charge on any atom is -0.481 e. The number of carbonyl (C=O) groups excluding carboxylic acids is 1.